The van der Waals surface area contributed by atoms with Crippen molar-refractivity contribution >= 4 is 16.6 Å². The van der Waals surface area contributed by atoms with Gasteiger partial charge in [-0.3, -0.25) is 4.79 Å². The number of ether oxygens (including phenoxy) is 1. The summed E-state index contributed by atoms with van der Waals surface area (Å²) in [5.41, 5.74) is 5.62. The largest absolute Gasteiger partial charge is 0.492 e. The summed E-state index contributed by atoms with van der Waals surface area (Å²) in [6.07, 6.45) is 0.813. The van der Waals surface area contributed by atoms with Crippen LogP contribution in [-0.2, 0) is 0 Å². The van der Waals surface area contributed by atoms with Crippen LogP contribution in [0.25, 0.3) is 10.9 Å². The Hall–Kier alpha value is -2.11. The molecule has 0 radical (unpaired) electrons. The number of fused-ring (bicyclic) bond motifs is 1. The van der Waals surface area contributed by atoms with Gasteiger partial charge in [0.05, 0.1) is 18.5 Å². The molecule has 0 unspecified atom stereocenters. The summed E-state index contributed by atoms with van der Waals surface area (Å²) >= 11 is 0. The number of pyridine rings is 1. The van der Waals surface area contributed by atoms with E-state index in [1.807, 2.05) is 0 Å². The molecule has 2 N–H and O–H groups in total. The molecule has 2 atom stereocenters. The second-order valence-electron chi connectivity index (χ2n) is 4.61. The number of alkyl halides is 1. The van der Waals surface area contributed by atoms with Gasteiger partial charge in [-0.2, -0.15) is 0 Å². The third-order valence-corrected chi connectivity index (χ3v) is 3.37. The molecule has 1 aromatic heterocycles. The number of nitrogens with zero attached hydrogens (tertiary/aromatic N) is 1. The van der Waals surface area contributed by atoms with Crippen LogP contribution in [0.3, 0.4) is 0 Å². The van der Waals surface area contributed by atoms with E-state index >= 15 is 0 Å². The molecule has 0 spiro atoms. The lowest BCUT2D eigenvalue weighted by atomic mass is 10.1. The Kier molecular flexibility index (Phi) is 2.48. The molecule has 6 heteroatoms. The summed E-state index contributed by atoms with van der Waals surface area (Å²) in [4.78, 5) is 11.9. The Labute approximate surface area is 107 Å². The van der Waals surface area contributed by atoms with Gasteiger partial charge >= 0.3 is 0 Å². The van der Waals surface area contributed by atoms with E-state index in [-0.39, 0.29) is 27.8 Å². The maximum atomic E-state index is 13.9. The van der Waals surface area contributed by atoms with Crippen molar-refractivity contribution in [2.75, 3.05) is 12.8 Å². The number of nitrogen functional groups attached to an aromatic ring is 1. The highest BCUT2D eigenvalue weighted by molar-refractivity contribution is 5.95. The summed E-state index contributed by atoms with van der Waals surface area (Å²) in [5, 5.41) is 0.167. The molecular formula is C13H12F2N2O2. The molecule has 0 saturated heterocycles. The van der Waals surface area contributed by atoms with E-state index in [0.717, 1.165) is 6.07 Å². The number of anilines is 1. The number of rotatable bonds is 2. The molecule has 1 aliphatic rings. The Morgan fingerprint density at radius 1 is 1.53 bits per heavy atom. The maximum absolute atomic E-state index is 13.9. The molecule has 1 heterocycles. The minimum Gasteiger partial charge on any atom is -0.492 e. The van der Waals surface area contributed by atoms with Crippen LogP contribution >= 0.6 is 0 Å². The number of methoxy groups -OCH3 is 1. The fourth-order valence-corrected chi connectivity index (χ4v) is 2.36. The SMILES string of the molecule is COc1c(F)cc(N)c2c(=O)ccn([C@@H]3C[C@@H]3F)c12. The van der Waals surface area contributed by atoms with Gasteiger partial charge in [-0.1, -0.05) is 0 Å². The molecule has 2 aromatic rings. The van der Waals surface area contributed by atoms with Crippen LogP contribution in [0.1, 0.15) is 12.5 Å². The number of aromatic nitrogens is 1. The van der Waals surface area contributed by atoms with Crippen LogP contribution < -0.4 is 15.9 Å². The van der Waals surface area contributed by atoms with E-state index in [0.29, 0.717) is 6.42 Å². The molecule has 0 bridgehead atoms. The Balaban J connectivity index is 2.46. The van der Waals surface area contributed by atoms with Gasteiger partial charge in [0.2, 0.25) is 0 Å². The fourth-order valence-electron chi connectivity index (χ4n) is 2.36. The summed E-state index contributed by atoms with van der Waals surface area (Å²) in [6, 6.07) is 1.96. The van der Waals surface area contributed by atoms with E-state index in [1.165, 1.54) is 23.9 Å². The topological polar surface area (TPSA) is 57.2 Å². The molecule has 1 saturated carbocycles. The van der Waals surface area contributed by atoms with Crippen molar-refractivity contribution in [3.8, 4) is 5.75 Å². The molecule has 100 valence electrons. The molecule has 1 aliphatic carbocycles. The predicted octanol–water partition coefficient (Wildman–Crippen LogP) is 2.01. The maximum Gasteiger partial charge on any atom is 0.191 e. The number of halogens is 2. The smallest absolute Gasteiger partial charge is 0.191 e. The molecule has 0 amide bonds. The van der Waals surface area contributed by atoms with Gasteiger partial charge in [0.1, 0.15) is 11.7 Å². The minimum atomic E-state index is -0.986. The first kappa shape index (κ1) is 12.0. The summed E-state index contributed by atoms with van der Waals surface area (Å²) in [7, 11) is 1.30. The van der Waals surface area contributed by atoms with Crippen LogP contribution in [0, 0.1) is 5.82 Å². The summed E-state index contributed by atoms with van der Waals surface area (Å²) < 4.78 is 33.7. The van der Waals surface area contributed by atoms with Crippen molar-refractivity contribution in [3.63, 3.8) is 0 Å². The van der Waals surface area contributed by atoms with Gasteiger partial charge < -0.3 is 15.0 Å². The summed E-state index contributed by atoms with van der Waals surface area (Å²) in [6.45, 7) is 0. The average molecular weight is 266 g/mol. The minimum absolute atomic E-state index is 0.0312. The van der Waals surface area contributed by atoms with Gasteiger partial charge in [0, 0.05) is 30.4 Å². The third-order valence-electron chi connectivity index (χ3n) is 3.37. The average Bonchev–Trinajstić information content (AvgIpc) is 3.06. The lowest BCUT2D eigenvalue weighted by Gasteiger charge is -2.15. The first-order valence-electron chi connectivity index (χ1n) is 5.85. The van der Waals surface area contributed by atoms with Crippen LogP contribution in [-0.4, -0.2) is 17.8 Å². The van der Waals surface area contributed by atoms with Crippen LogP contribution in [0.2, 0.25) is 0 Å². The molecule has 19 heavy (non-hydrogen) atoms. The quantitative estimate of drug-likeness (QED) is 0.846. The van der Waals surface area contributed by atoms with Gasteiger partial charge in [-0.05, 0) is 0 Å². The first-order valence-corrected chi connectivity index (χ1v) is 5.85. The van der Waals surface area contributed by atoms with E-state index in [2.05, 4.69) is 0 Å². The van der Waals surface area contributed by atoms with Crippen molar-refractivity contribution < 1.29 is 13.5 Å². The second-order valence-corrected chi connectivity index (χ2v) is 4.61. The standard InChI is InChI=1S/C13H12F2N2O2/c1-19-13-7(15)4-8(16)11-10(18)2-3-17(12(11)13)9-5-6(9)14/h2-4,6,9H,5,16H2,1H3/t6-,9+/m0/s1. The highest BCUT2D eigenvalue weighted by Gasteiger charge is 2.40. The van der Waals surface area contributed by atoms with Crippen molar-refractivity contribution in [3.05, 3.63) is 34.4 Å². The van der Waals surface area contributed by atoms with Crippen molar-refractivity contribution in [2.24, 2.45) is 0 Å². The Morgan fingerprint density at radius 3 is 2.79 bits per heavy atom. The van der Waals surface area contributed by atoms with Gasteiger partial charge in [-0.15, -0.1) is 0 Å². The second kappa shape index (κ2) is 3.94. The molecule has 1 aromatic carbocycles. The van der Waals surface area contributed by atoms with Gasteiger partial charge in [0.25, 0.3) is 0 Å². The van der Waals surface area contributed by atoms with Crippen molar-refractivity contribution in [1.29, 1.82) is 0 Å². The number of nitrogens with two attached hydrogens (primary N) is 1. The lowest BCUT2D eigenvalue weighted by molar-refractivity contribution is 0.387. The highest BCUT2D eigenvalue weighted by atomic mass is 19.1. The lowest BCUT2D eigenvalue weighted by Crippen LogP contribution is -2.12. The number of hydrogen-bond donors (Lipinski definition) is 1. The normalized spacial score (nSPS) is 21.6. The number of benzene rings is 1. The van der Waals surface area contributed by atoms with Crippen molar-refractivity contribution in [2.45, 2.75) is 18.6 Å². The highest BCUT2D eigenvalue weighted by Crippen LogP contribution is 2.43. The van der Waals surface area contributed by atoms with E-state index in [9.17, 15) is 13.6 Å². The fraction of sp³-hybridized carbons (Fsp3) is 0.308. The zero-order chi connectivity index (χ0) is 13.7. The van der Waals surface area contributed by atoms with Crippen LogP contribution in [0.5, 0.6) is 5.75 Å². The first-order chi connectivity index (χ1) is 9.04. The van der Waals surface area contributed by atoms with Crippen LogP contribution in [0.4, 0.5) is 14.5 Å². The van der Waals surface area contributed by atoms with Crippen LogP contribution in [0.15, 0.2) is 23.1 Å². The Bertz CT molecular complexity index is 727. The Morgan fingerprint density at radius 2 is 2.21 bits per heavy atom. The molecule has 1 fully saturated rings. The van der Waals surface area contributed by atoms with E-state index in [4.69, 9.17) is 10.5 Å². The zero-order valence-corrected chi connectivity index (χ0v) is 10.2. The molecule has 3 rings (SSSR count). The van der Waals surface area contributed by atoms with Gasteiger partial charge in [-0.25, -0.2) is 8.78 Å². The van der Waals surface area contributed by atoms with Gasteiger partial charge in [0.15, 0.2) is 17.0 Å². The number of hydrogen-bond acceptors (Lipinski definition) is 3. The van der Waals surface area contributed by atoms with Crippen molar-refractivity contribution in [1.82, 2.24) is 4.57 Å². The molecule has 4 nitrogen and oxygen atoms in total. The van der Waals surface area contributed by atoms with E-state index in [1.54, 1.807) is 0 Å². The third kappa shape index (κ3) is 1.67. The zero-order valence-electron chi connectivity index (χ0n) is 10.2. The van der Waals surface area contributed by atoms with E-state index < -0.39 is 18.0 Å². The predicted molar refractivity (Wildman–Crippen MR) is 67.7 cm³/mol. The molecular weight excluding hydrogens is 254 g/mol. The molecule has 0 aliphatic heterocycles. The summed E-state index contributed by atoms with van der Waals surface area (Å²) in [5.74, 6) is -0.746. The monoisotopic (exact) mass is 266 g/mol.